The van der Waals surface area contributed by atoms with Crippen molar-refractivity contribution in [2.45, 2.75) is 13.8 Å². The Balaban J connectivity index is 1.45. The summed E-state index contributed by atoms with van der Waals surface area (Å²) in [6.45, 7) is 3.59. The van der Waals surface area contributed by atoms with Crippen LogP contribution in [0.1, 0.15) is 16.7 Å². The van der Waals surface area contributed by atoms with Crippen LogP contribution in [0, 0.1) is 13.8 Å². The first-order chi connectivity index (χ1) is 16.3. The summed E-state index contributed by atoms with van der Waals surface area (Å²) in [7, 11) is 0. The maximum atomic E-state index is 12.1. The lowest BCUT2D eigenvalue weighted by atomic mass is 10.1. The number of benzene rings is 3. The zero-order chi connectivity index (χ0) is 24.5. The second kappa shape index (κ2) is 11.6. The van der Waals surface area contributed by atoms with E-state index in [2.05, 4.69) is 21.2 Å². The second-order valence-corrected chi connectivity index (χ2v) is 7.69. The highest BCUT2D eigenvalue weighted by Crippen LogP contribution is 2.20. The summed E-state index contributed by atoms with van der Waals surface area (Å²) in [6, 6.07) is 19.0. The average Bonchev–Trinajstić information content (AvgIpc) is 2.83. The molecule has 0 spiro atoms. The van der Waals surface area contributed by atoms with Gasteiger partial charge in [-0.2, -0.15) is 5.10 Å². The molecule has 0 aliphatic rings. The highest BCUT2D eigenvalue weighted by Gasteiger charge is 2.14. The predicted molar refractivity (Wildman–Crippen MR) is 132 cm³/mol. The molecule has 3 rings (SSSR count). The summed E-state index contributed by atoms with van der Waals surface area (Å²) in [5, 5.41) is 9.48. The number of anilines is 2. The topological polar surface area (TPSA) is 109 Å². The fourth-order valence-corrected chi connectivity index (χ4v) is 3.01. The van der Waals surface area contributed by atoms with Crippen molar-refractivity contribution < 1.29 is 19.1 Å². The molecule has 0 aromatic heterocycles. The summed E-state index contributed by atoms with van der Waals surface area (Å²) < 4.78 is 5.46. The van der Waals surface area contributed by atoms with Gasteiger partial charge in [-0.05, 0) is 73.0 Å². The number of hydrogen-bond donors (Lipinski definition) is 3. The van der Waals surface area contributed by atoms with Gasteiger partial charge in [-0.15, -0.1) is 0 Å². The molecule has 0 saturated carbocycles. The zero-order valence-electron chi connectivity index (χ0n) is 18.6. The molecule has 9 heteroatoms. The quantitative estimate of drug-likeness (QED) is 0.270. The first-order valence-corrected chi connectivity index (χ1v) is 10.7. The van der Waals surface area contributed by atoms with E-state index in [4.69, 9.17) is 16.3 Å². The summed E-state index contributed by atoms with van der Waals surface area (Å²) in [5.74, 6) is -1.57. The Hall–Kier alpha value is -4.17. The monoisotopic (exact) mass is 478 g/mol. The van der Waals surface area contributed by atoms with Crippen molar-refractivity contribution >= 4 is 46.9 Å². The standard InChI is InChI=1S/C25H23ClN4O4/c1-16-6-5-9-21(17(16)2)29-24(32)25(33)30-27-14-18-10-12-19(13-11-18)34-15-23(31)28-22-8-4-3-7-20(22)26/h3-14H,15H2,1-2H3,(H,28,31)(H,29,32)(H,30,33)/b27-14-. The molecule has 0 saturated heterocycles. The van der Waals surface area contributed by atoms with E-state index >= 15 is 0 Å². The molecule has 34 heavy (non-hydrogen) atoms. The van der Waals surface area contributed by atoms with Crippen molar-refractivity contribution in [1.29, 1.82) is 0 Å². The smallest absolute Gasteiger partial charge is 0.329 e. The minimum Gasteiger partial charge on any atom is -0.484 e. The summed E-state index contributed by atoms with van der Waals surface area (Å²) in [6.07, 6.45) is 1.39. The number of rotatable bonds is 7. The second-order valence-electron chi connectivity index (χ2n) is 7.29. The molecule has 0 aliphatic carbocycles. The van der Waals surface area contributed by atoms with E-state index in [1.165, 1.54) is 6.21 Å². The van der Waals surface area contributed by atoms with Crippen LogP contribution < -0.4 is 20.8 Å². The van der Waals surface area contributed by atoms with Gasteiger partial charge in [-0.3, -0.25) is 14.4 Å². The number of aryl methyl sites for hydroxylation is 1. The molecule has 0 atom stereocenters. The molecule has 0 unspecified atom stereocenters. The fourth-order valence-electron chi connectivity index (χ4n) is 2.83. The Bertz CT molecular complexity index is 1230. The SMILES string of the molecule is Cc1cccc(NC(=O)C(=O)N/N=C\c2ccc(OCC(=O)Nc3ccccc3Cl)cc2)c1C. The van der Waals surface area contributed by atoms with Gasteiger partial charge in [0.2, 0.25) is 0 Å². The number of para-hydroxylation sites is 1. The molecule has 8 nitrogen and oxygen atoms in total. The maximum Gasteiger partial charge on any atom is 0.329 e. The summed E-state index contributed by atoms with van der Waals surface area (Å²) >= 11 is 6.01. The number of ether oxygens (including phenoxy) is 1. The van der Waals surface area contributed by atoms with Gasteiger partial charge in [0.25, 0.3) is 5.91 Å². The molecule has 3 N–H and O–H groups in total. The maximum absolute atomic E-state index is 12.1. The van der Waals surface area contributed by atoms with Crippen LogP contribution in [0.5, 0.6) is 5.75 Å². The number of hydrogen-bond acceptors (Lipinski definition) is 5. The average molecular weight is 479 g/mol. The molecule has 3 amide bonds. The van der Waals surface area contributed by atoms with Gasteiger partial charge in [-0.25, -0.2) is 5.43 Å². The Labute approximate surface area is 202 Å². The minimum atomic E-state index is -0.887. The Morgan fingerprint density at radius 2 is 1.59 bits per heavy atom. The largest absolute Gasteiger partial charge is 0.484 e. The van der Waals surface area contributed by atoms with Crippen LogP contribution in [-0.4, -0.2) is 30.5 Å². The summed E-state index contributed by atoms with van der Waals surface area (Å²) in [5.41, 5.74) is 5.81. The molecule has 0 aliphatic heterocycles. The van der Waals surface area contributed by atoms with E-state index in [1.807, 2.05) is 19.9 Å². The van der Waals surface area contributed by atoms with Crippen LogP contribution in [0.2, 0.25) is 5.02 Å². The van der Waals surface area contributed by atoms with Gasteiger partial charge in [0.05, 0.1) is 16.9 Å². The molecule has 0 radical (unpaired) electrons. The molecule has 174 valence electrons. The lowest BCUT2D eigenvalue weighted by Gasteiger charge is -2.09. The van der Waals surface area contributed by atoms with E-state index in [0.717, 1.165) is 11.1 Å². The van der Waals surface area contributed by atoms with E-state index in [-0.39, 0.29) is 12.5 Å². The highest BCUT2D eigenvalue weighted by molar-refractivity contribution is 6.39. The Morgan fingerprint density at radius 1 is 0.882 bits per heavy atom. The Kier molecular flexibility index (Phi) is 8.37. The molecule has 3 aromatic rings. The molecular weight excluding hydrogens is 456 g/mol. The third kappa shape index (κ3) is 6.91. The number of amides is 3. The lowest BCUT2D eigenvalue weighted by molar-refractivity contribution is -0.136. The first kappa shape index (κ1) is 24.5. The van der Waals surface area contributed by atoms with E-state index in [1.54, 1.807) is 60.7 Å². The minimum absolute atomic E-state index is 0.190. The van der Waals surface area contributed by atoms with Crippen LogP contribution in [0.4, 0.5) is 11.4 Å². The van der Waals surface area contributed by atoms with Gasteiger partial charge in [0.15, 0.2) is 6.61 Å². The zero-order valence-corrected chi connectivity index (χ0v) is 19.3. The number of nitrogens with zero attached hydrogens (tertiary/aromatic N) is 1. The van der Waals surface area contributed by atoms with Crippen molar-refractivity contribution in [2.75, 3.05) is 17.2 Å². The van der Waals surface area contributed by atoms with Gasteiger partial charge >= 0.3 is 11.8 Å². The number of hydrazone groups is 1. The van der Waals surface area contributed by atoms with E-state index in [9.17, 15) is 14.4 Å². The van der Waals surface area contributed by atoms with Crippen molar-refractivity contribution in [3.8, 4) is 5.75 Å². The molecule has 0 fully saturated rings. The van der Waals surface area contributed by atoms with Crippen molar-refractivity contribution in [3.05, 3.63) is 88.4 Å². The number of nitrogens with one attached hydrogen (secondary N) is 3. The Morgan fingerprint density at radius 3 is 2.32 bits per heavy atom. The lowest BCUT2D eigenvalue weighted by Crippen LogP contribution is -2.32. The fraction of sp³-hybridized carbons (Fsp3) is 0.120. The van der Waals surface area contributed by atoms with Crippen LogP contribution in [0.15, 0.2) is 71.8 Å². The van der Waals surface area contributed by atoms with Crippen molar-refractivity contribution in [2.24, 2.45) is 5.10 Å². The van der Waals surface area contributed by atoms with Crippen LogP contribution in [-0.2, 0) is 14.4 Å². The van der Waals surface area contributed by atoms with E-state index < -0.39 is 11.8 Å². The van der Waals surface area contributed by atoms with Gasteiger partial charge < -0.3 is 15.4 Å². The van der Waals surface area contributed by atoms with Gasteiger partial charge in [0.1, 0.15) is 5.75 Å². The number of halogens is 1. The molecule has 0 heterocycles. The summed E-state index contributed by atoms with van der Waals surface area (Å²) in [4.78, 5) is 36.1. The van der Waals surface area contributed by atoms with Crippen LogP contribution in [0.3, 0.4) is 0 Å². The van der Waals surface area contributed by atoms with E-state index in [0.29, 0.717) is 27.7 Å². The number of carbonyl (C=O) groups excluding carboxylic acids is 3. The normalized spacial score (nSPS) is 10.6. The highest BCUT2D eigenvalue weighted by atomic mass is 35.5. The van der Waals surface area contributed by atoms with Gasteiger partial charge in [-0.1, -0.05) is 35.9 Å². The van der Waals surface area contributed by atoms with Crippen molar-refractivity contribution in [3.63, 3.8) is 0 Å². The molecular formula is C25H23ClN4O4. The molecule has 0 bridgehead atoms. The third-order valence-electron chi connectivity index (χ3n) is 4.84. The first-order valence-electron chi connectivity index (χ1n) is 10.3. The van der Waals surface area contributed by atoms with Crippen molar-refractivity contribution in [1.82, 2.24) is 5.43 Å². The van der Waals surface area contributed by atoms with Crippen LogP contribution >= 0.6 is 11.6 Å². The van der Waals surface area contributed by atoms with Gasteiger partial charge in [0, 0.05) is 5.69 Å². The van der Waals surface area contributed by atoms with Crippen LogP contribution in [0.25, 0.3) is 0 Å². The number of carbonyl (C=O) groups is 3. The molecule has 3 aromatic carbocycles. The predicted octanol–water partition coefficient (Wildman–Crippen LogP) is 4.06. The third-order valence-corrected chi connectivity index (χ3v) is 5.17.